The summed E-state index contributed by atoms with van der Waals surface area (Å²) in [4.78, 5) is 1.17. The van der Waals surface area contributed by atoms with Crippen LogP contribution in [0.2, 0.25) is 0 Å². The summed E-state index contributed by atoms with van der Waals surface area (Å²) < 4.78 is 8.51. The molecule has 84 valence electrons. The van der Waals surface area contributed by atoms with E-state index in [1.54, 1.807) is 18.4 Å². The molecule has 0 aliphatic rings. The van der Waals surface area contributed by atoms with Gasteiger partial charge in [-0.15, -0.1) is 11.3 Å². The average Bonchev–Trinajstić information content (AvgIpc) is 2.63. The van der Waals surface area contributed by atoms with Crippen molar-refractivity contribution in [1.29, 1.82) is 0 Å². The minimum absolute atomic E-state index is 0.859. The first-order chi connectivity index (χ1) is 7.61. The molecule has 1 nitrogen and oxygen atoms in total. The van der Waals surface area contributed by atoms with Crippen molar-refractivity contribution in [1.82, 2.24) is 0 Å². The summed E-state index contributed by atoms with van der Waals surface area (Å²) in [6, 6.07) is 8.15. The Bertz CT molecular complexity index is 522. The third-order valence-corrected chi connectivity index (χ3v) is 4.75. The van der Waals surface area contributed by atoms with Crippen LogP contribution in [0.1, 0.15) is 0 Å². The Labute approximate surface area is 123 Å². The first kappa shape index (κ1) is 12.6. The number of hydrogen-bond acceptors (Lipinski definition) is 2. The Morgan fingerprint density at radius 1 is 1.12 bits per heavy atom. The monoisotopic (exact) mass is 424 g/mol. The summed E-state index contributed by atoms with van der Waals surface area (Å²) >= 11 is 12.1. The first-order valence-electron chi connectivity index (χ1n) is 4.40. The minimum atomic E-state index is 0.859. The SMILES string of the molecule is COc1c(Br)cc(Br)cc1-c1ccc(Br)s1. The predicted molar refractivity (Wildman–Crippen MR) is 79.4 cm³/mol. The number of thiophene rings is 1. The van der Waals surface area contributed by atoms with Crippen LogP contribution >= 0.6 is 59.1 Å². The van der Waals surface area contributed by atoms with E-state index in [0.29, 0.717) is 0 Å². The third-order valence-electron chi connectivity index (χ3n) is 2.05. The standard InChI is InChI=1S/C11H7Br3OS/c1-15-11-7(4-6(12)5-8(11)13)9-2-3-10(14)16-9/h2-5H,1H3. The van der Waals surface area contributed by atoms with Crippen molar-refractivity contribution in [3.63, 3.8) is 0 Å². The van der Waals surface area contributed by atoms with E-state index in [2.05, 4.69) is 59.9 Å². The van der Waals surface area contributed by atoms with Crippen LogP contribution in [0.4, 0.5) is 0 Å². The molecule has 0 saturated heterocycles. The van der Waals surface area contributed by atoms with Gasteiger partial charge in [-0.25, -0.2) is 0 Å². The average molecular weight is 427 g/mol. The molecule has 0 amide bonds. The summed E-state index contributed by atoms with van der Waals surface area (Å²) in [6.45, 7) is 0. The molecule has 1 aromatic heterocycles. The third kappa shape index (κ3) is 2.53. The highest BCUT2D eigenvalue weighted by molar-refractivity contribution is 9.11. The minimum Gasteiger partial charge on any atom is -0.495 e. The van der Waals surface area contributed by atoms with Gasteiger partial charge in [0.15, 0.2) is 0 Å². The lowest BCUT2D eigenvalue weighted by atomic mass is 10.1. The molecule has 1 aromatic carbocycles. The molecule has 2 aromatic rings. The van der Waals surface area contributed by atoms with Gasteiger partial charge < -0.3 is 4.74 Å². The quantitative estimate of drug-likeness (QED) is 0.597. The molecule has 0 bridgehead atoms. The maximum atomic E-state index is 5.42. The van der Waals surface area contributed by atoms with Crippen molar-refractivity contribution in [3.05, 3.63) is 37.0 Å². The van der Waals surface area contributed by atoms with Gasteiger partial charge in [0, 0.05) is 14.9 Å². The highest BCUT2D eigenvalue weighted by Crippen LogP contribution is 2.42. The van der Waals surface area contributed by atoms with Crippen LogP contribution in [0.25, 0.3) is 10.4 Å². The number of benzene rings is 1. The fourth-order valence-corrected chi connectivity index (χ4v) is 4.20. The molecular weight excluding hydrogens is 420 g/mol. The van der Waals surface area contributed by atoms with Gasteiger partial charge in [0.1, 0.15) is 5.75 Å². The summed E-state index contributed by atoms with van der Waals surface area (Å²) in [7, 11) is 1.68. The van der Waals surface area contributed by atoms with Crippen molar-refractivity contribution in [2.24, 2.45) is 0 Å². The second-order valence-electron chi connectivity index (χ2n) is 3.07. The maximum Gasteiger partial charge on any atom is 0.141 e. The van der Waals surface area contributed by atoms with E-state index in [4.69, 9.17) is 4.74 Å². The predicted octanol–water partition coefficient (Wildman–Crippen LogP) is 5.71. The molecule has 0 aliphatic carbocycles. The van der Waals surface area contributed by atoms with Crippen LogP contribution in [0.5, 0.6) is 5.75 Å². The molecule has 0 atom stereocenters. The van der Waals surface area contributed by atoms with Crippen molar-refractivity contribution in [2.45, 2.75) is 0 Å². The topological polar surface area (TPSA) is 9.23 Å². The van der Waals surface area contributed by atoms with Gasteiger partial charge in [-0.1, -0.05) is 15.9 Å². The summed E-state index contributed by atoms with van der Waals surface area (Å²) in [5.41, 5.74) is 1.08. The lowest BCUT2D eigenvalue weighted by molar-refractivity contribution is 0.414. The van der Waals surface area contributed by atoms with Gasteiger partial charge in [0.2, 0.25) is 0 Å². The van der Waals surface area contributed by atoms with E-state index >= 15 is 0 Å². The van der Waals surface area contributed by atoms with Gasteiger partial charge in [-0.05, 0) is 56.1 Å². The van der Waals surface area contributed by atoms with E-state index in [0.717, 1.165) is 24.0 Å². The maximum absolute atomic E-state index is 5.42. The molecule has 0 unspecified atom stereocenters. The van der Waals surface area contributed by atoms with Gasteiger partial charge in [0.05, 0.1) is 15.4 Å². The molecule has 5 heteroatoms. The molecule has 0 saturated carbocycles. The van der Waals surface area contributed by atoms with E-state index in [1.807, 2.05) is 12.1 Å². The van der Waals surface area contributed by atoms with E-state index < -0.39 is 0 Å². The van der Waals surface area contributed by atoms with Crippen LogP contribution < -0.4 is 4.74 Å². The zero-order chi connectivity index (χ0) is 11.7. The fourth-order valence-electron chi connectivity index (χ4n) is 1.41. The zero-order valence-corrected chi connectivity index (χ0v) is 13.8. The molecule has 0 radical (unpaired) electrons. The molecule has 2 rings (SSSR count). The highest BCUT2D eigenvalue weighted by Gasteiger charge is 2.12. The highest BCUT2D eigenvalue weighted by atomic mass is 79.9. The molecule has 0 spiro atoms. The Balaban J connectivity index is 2.63. The second-order valence-corrected chi connectivity index (χ2v) is 7.31. The second kappa shape index (κ2) is 5.21. The molecule has 0 fully saturated rings. The Morgan fingerprint density at radius 2 is 1.88 bits per heavy atom. The van der Waals surface area contributed by atoms with Crippen molar-refractivity contribution in [2.75, 3.05) is 7.11 Å². The summed E-state index contributed by atoms with van der Waals surface area (Å²) in [5, 5.41) is 0. The fraction of sp³-hybridized carbons (Fsp3) is 0.0909. The smallest absolute Gasteiger partial charge is 0.141 e. The Hall–Kier alpha value is 0.160. The first-order valence-corrected chi connectivity index (χ1v) is 7.60. The van der Waals surface area contributed by atoms with Crippen LogP contribution in [0.15, 0.2) is 37.0 Å². The normalized spacial score (nSPS) is 10.5. The zero-order valence-electron chi connectivity index (χ0n) is 8.26. The van der Waals surface area contributed by atoms with Crippen LogP contribution in [0, 0.1) is 0 Å². The molecule has 0 N–H and O–H groups in total. The van der Waals surface area contributed by atoms with E-state index in [1.165, 1.54) is 4.88 Å². The Morgan fingerprint density at radius 3 is 2.44 bits per heavy atom. The number of halogens is 3. The number of rotatable bonds is 2. The van der Waals surface area contributed by atoms with E-state index in [9.17, 15) is 0 Å². The van der Waals surface area contributed by atoms with Crippen LogP contribution in [-0.4, -0.2) is 7.11 Å². The van der Waals surface area contributed by atoms with Gasteiger partial charge in [-0.2, -0.15) is 0 Å². The summed E-state index contributed by atoms with van der Waals surface area (Å²) in [6.07, 6.45) is 0. The van der Waals surface area contributed by atoms with Gasteiger partial charge in [-0.3, -0.25) is 0 Å². The summed E-state index contributed by atoms with van der Waals surface area (Å²) in [5.74, 6) is 0.859. The lowest BCUT2D eigenvalue weighted by Gasteiger charge is -2.09. The Kier molecular flexibility index (Phi) is 4.11. The number of ether oxygens (including phenoxy) is 1. The molecule has 0 aliphatic heterocycles. The number of hydrogen-bond donors (Lipinski definition) is 0. The number of methoxy groups -OCH3 is 1. The van der Waals surface area contributed by atoms with Crippen molar-refractivity contribution < 1.29 is 4.74 Å². The van der Waals surface area contributed by atoms with Crippen LogP contribution in [-0.2, 0) is 0 Å². The van der Waals surface area contributed by atoms with Crippen LogP contribution in [0.3, 0.4) is 0 Å². The molecule has 1 heterocycles. The van der Waals surface area contributed by atoms with Gasteiger partial charge >= 0.3 is 0 Å². The largest absolute Gasteiger partial charge is 0.495 e. The van der Waals surface area contributed by atoms with Crippen molar-refractivity contribution >= 4 is 59.1 Å². The van der Waals surface area contributed by atoms with Gasteiger partial charge in [0.25, 0.3) is 0 Å². The van der Waals surface area contributed by atoms with Crippen molar-refractivity contribution in [3.8, 4) is 16.2 Å². The molecule has 16 heavy (non-hydrogen) atoms. The molecular formula is C11H7Br3OS. The lowest BCUT2D eigenvalue weighted by Crippen LogP contribution is -1.88. The van der Waals surface area contributed by atoms with E-state index in [-0.39, 0.29) is 0 Å².